The minimum atomic E-state index is -2.76. The summed E-state index contributed by atoms with van der Waals surface area (Å²) in [5.74, 6) is -2.76. The number of ether oxygens (including phenoxy) is 1. The first-order chi connectivity index (χ1) is 5.06. The smallest absolute Gasteiger partial charge is 0.273 e. The molecule has 4 heteroatoms. The van der Waals surface area contributed by atoms with Gasteiger partial charge in [-0.2, -0.15) is 0 Å². The highest BCUT2D eigenvalue weighted by molar-refractivity contribution is 4.86. The van der Waals surface area contributed by atoms with E-state index in [1.807, 2.05) is 0 Å². The first kappa shape index (κ1) is 8.87. The summed E-state index contributed by atoms with van der Waals surface area (Å²) < 4.78 is 30.2. The van der Waals surface area contributed by atoms with E-state index < -0.39 is 18.1 Å². The molecule has 0 aromatic heterocycles. The number of aliphatic hydroxyl groups excluding tert-OH is 1. The van der Waals surface area contributed by atoms with Gasteiger partial charge in [0.2, 0.25) is 0 Å². The lowest BCUT2D eigenvalue weighted by Crippen LogP contribution is -2.42. The van der Waals surface area contributed by atoms with Crippen LogP contribution in [-0.2, 0) is 4.74 Å². The molecule has 0 aromatic carbocycles. The predicted octanol–water partition coefficient (Wildman–Crippen LogP) is 1.18. The molecule has 0 amide bonds. The van der Waals surface area contributed by atoms with E-state index in [-0.39, 0.29) is 19.3 Å². The molecule has 11 heavy (non-hydrogen) atoms. The van der Waals surface area contributed by atoms with Gasteiger partial charge in [0.25, 0.3) is 5.92 Å². The maximum Gasteiger partial charge on any atom is 0.273 e. The minimum absolute atomic E-state index is 0.0451. The molecule has 1 N–H and O–H groups in total. The van der Waals surface area contributed by atoms with E-state index in [0.29, 0.717) is 0 Å². The number of rotatable bonds is 1. The Morgan fingerprint density at radius 2 is 2.18 bits per heavy atom. The molecule has 0 spiro atoms. The van der Waals surface area contributed by atoms with E-state index in [2.05, 4.69) is 4.74 Å². The fourth-order valence-electron chi connectivity index (χ4n) is 1.33. The Hall–Kier alpha value is -0.220. The molecular weight excluding hydrogens is 154 g/mol. The lowest BCUT2D eigenvalue weighted by atomic mass is 9.91. The van der Waals surface area contributed by atoms with Crippen LogP contribution in [0.3, 0.4) is 0 Å². The molecule has 1 aliphatic rings. The van der Waals surface area contributed by atoms with E-state index in [1.165, 1.54) is 7.11 Å². The van der Waals surface area contributed by atoms with Gasteiger partial charge in [-0.15, -0.1) is 0 Å². The zero-order valence-electron chi connectivity index (χ0n) is 6.39. The van der Waals surface area contributed by atoms with Crippen LogP contribution < -0.4 is 0 Å². The largest absolute Gasteiger partial charge is 0.393 e. The van der Waals surface area contributed by atoms with E-state index in [1.54, 1.807) is 0 Å². The molecule has 0 unspecified atom stereocenters. The normalized spacial score (nSPS) is 37.1. The van der Waals surface area contributed by atoms with Crippen molar-refractivity contribution >= 4 is 0 Å². The van der Waals surface area contributed by atoms with Gasteiger partial charge < -0.3 is 9.84 Å². The number of hydrogen-bond donors (Lipinski definition) is 1. The number of aliphatic hydroxyl groups is 1. The molecule has 0 aliphatic heterocycles. The fourth-order valence-corrected chi connectivity index (χ4v) is 1.33. The maximum absolute atomic E-state index is 12.8. The van der Waals surface area contributed by atoms with Crippen molar-refractivity contribution in [3.8, 4) is 0 Å². The van der Waals surface area contributed by atoms with Crippen LogP contribution in [0.25, 0.3) is 0 Å². The maximum atomic E-state index is 12.8. The Bertz CT molecular complexity index is 138. The average molecular weight is 166 g/mol. The predicted molar refractivity (Wildman–Crippen MR) is 35.6 cm³/mol. The highest BCUT2D eigenvalue weighted by atomic mass is 19.3. The molecule has 0 radical (unpaired) electrons. The zero-order chi connectivity index (χ0) is 8.48. The van der Waals surface area contributed by atoms with Crippen LogP contribution in [0.5, 0.6) is 0 Å². The third-order valence-corrected chi connectivity index (χ3v) is 2.05. The molecule has 0 bridgehead atoms. The summed E-state index contributed by atoms with van der Waals surface area (Å²) >= 11 is 0. The molecule has 0 aromatic rings. The molecule has 0 heterocycles. The van der Waals surface area contributed by atoms with Crippen LogP contribution >= 0.6 is 0 Å². The second kappa shape index (κ2) is 3.03. The van der Waals surface area contributed by atoms with E-state index in [9.17, 15) is 8.78 Å². The standard InChI is InChI=1S/C7H12F2O2/c1-11-6-4-5(10)2-3-7(6,8)9/h5-6,10H,2-4H2,1H3/t5-,6-/m0/s1. The molecule has 1 fully saturated rings. The molecule has 0 saturated heterocycles. The van der Waals surface area contributed by atoms with Crippen LogP contribution in [-0.4, -0.2) is 30.3 Å². The van der Waals surface area contributed by atoms with E-state index in [0.717, 1.165) is 0 Å². The van der Waals surface area contributed by atoms with Crippen molar-refractivity contribution in [1.82, 2.24) is 0 Å². The van der Waals surface area contributed by atoms with Crippen molar-refractivity contribution in [3.05, 3.63) is 0 Å². The Balaban J connectivity index is 2.56. The van der Waals surface area contributed by atoms with Gasteiger partial charge in [-0.25, -0.2) is 8.78 Å². The van der Waals surface area contributed by atoms with Gasteiger partial charge in [0.1, 0.15) is 6.10 Å². The lowest BCUT2D eigenvalue weighted by Gasteiger charge is -2.32. The number of halogens is 2. The lowest BCUT2D eigenvalue weighted by molar-refractivity contribution is -0.165. The van der Waals surface area contributed by atoms with Crippen LogP contribution in [0.4, 0.5) is 8.78 Å². The van der Waals surface area contributed by atoms with Crippen LogP contribution in [0.1, 0.15) is 19.3 Å². The molecular formula is C7H12F2O2. The van der Waals surface area contributed by atoms with Crippen LogP contribution in [0.15, 0.2) is 0 Å². The number of alkyl halides is 2. The molecule has 1 saturated carbocycles. The SMILES string of the molecule is CO[C@H]1C[C@@H](O)CCC1(F)F. The first-order valence-electron chi connectivity index (χ1n) is 3.65. The molecule has 2 nitrogen and oxygen atoms in total. The quantitative estimate of drug-likeness (QED) is 0.633. The summed E-state index contributed by atoms with van der Waals surface area (Å²) in [6.07, 6.45) is -1.78. The van der Waals surface area contributed by atoms with Crippen LogP contribution in [0.2, 0.25) is 0 Å². The molecule has 66 valence electrons. The third-order valence-electron chi connectivity index (χ3n) is 2.05. The summed E-state index contributed by atoms with van der Waals surface area (Å²) in [5, 5.41) is 9.03. The van der Waals surface area contributed by atoms with Gasteiger partial charge in [0, 0.05) is 20.0 Å². The summed E-state index contributed by atoms with van der Waals surface area (Å²) in [4.78, 5) is 0. The van der Waals surface area contributed by atoms with Crippen molar-refractivity contribution in [1.29, 1.82) is 0 Å². The van der Waals surface area contributed by atoms with Crippen molar-refractivity contribution in [2.45, 2.75) is 37.4 Å². The van der Waals surface area contributed by atoms with Crippen molar-refractivity contribution in [2.24, 2.45) is 0 Å². The monoisotopic (exact) mass is 166 g/mol. The number of methoxy groups -OCH3 is 1. The van der Waals surface area contributed by atoms with Gasteiger partial charge in [0.15, 0.2) is 0 Å². The summed E-state index contributed by atoms with van der Waals surface area (Å²) in [6, 6.07) is 0. The minimum Gasteiger partial charge on any atom is -0.393 e. The van der Waals surface area contributed by atoms with Gasteiger partial charge >= 0.3 is 0 Å². The summed E-state index contributed by atoms with van der Waals surface area (Å²) in [7, 11) is 1.25. The van der Waals surface area contributed by atoms with Crippen molar-refractivity contribution < 1.29 is 18.6 Å². The van der Waals surface area contributed by atoms with E-state index >= 15 is 0 Å². The molecule has 2 atom stereocenters. The first-order valence-corrected chi connectivity index (χ1v) is 3.65. The van der Waals surface area contributed by atoms with Gasteiger partial charge in [0.05, 0.1) is 6.10 Å². The zero-order valence-corrected chi connectivity index (χ0v) is 6.39. The number of hydrogen-bond acceptors (Lipinski definition) is 2. The van der Waals surface area contributed by atoms with Gasteiger partial charge in [-0.1, -0.05) is 0 Å². The molecule has 1 rings (SSSR count). The highest BCUT2D eigenvalue weighted by Gasteiger charge is 2.44. The average Bonchev–Trinajstić information content (AvgIpc) is 1.94. The van der Waals surface area contributed by atoms with Gasteiger partial charge in [-0.05, 0) is 6.42 Å². The molecule has 1 aliphatic carbocycles. The van der Waals surface area contributed by atoms with E-state index in [4.69, 9.17) is 5.11 Å². The summed E-state index contributed by atoms with van der Waals surface area (Å²) in [5.41, 5.74) is 0. The Morgan fingerprint density at radius 3 is 2.64 bits per heavy atom. The van der Waals surface area contributed by atoms with Crippen molar-refractivity contribution in [3.63, 3.8) is 0 Å². The van der Waals surface area contributed by atoms with Crippen molar-refractivity contribution in [2.75, 3.05) is 7.11 Å². The summed E-state index contributed by atoms with van der Waals surface area (Å²) in [6.45, 7) is 0. The topological polar surface area (TPSA) is 29.5 Å². The second-order valence-corrected chi connectivity index (χ2v) is 2.91. The van der Waals surface area contributed by atoms with Crippen LogP contribution in [0, 0.1) is 0 Å². The van der Waals surface area contributed by atoms with Gasteiger partial charge in [-0.3, -0.25) is 0 Å². The fraction of sp³-hybridized carbons (Fsp3) is 1.00. The Morgan fingerprint density at radius 1 is 1.55 bits per heavy atom. The third kappa shape index (κ3) is 1.87. The second-order valence-electron chi connectivity index (χ2n) is 2.91. The highest BCUT2D eigenvalue weighted by Crippen LogP contribution is 2.35. The Labute approximate surface area is 64.2 Å². The Kier molecular flexibility index (Phi) is 2.44.